The largest absolute Gasteiger partial charge is 0.320 e. The number of pyridine rings is 1. The molecule has 15 heavy (non-hydrogen) atoms. The maximum absolute atomic E-state index is 11.6. The topological polar surface area (TPSA) is 68.0 Å². The van der Waals surface area contributed by atoms with Gasteiger partial charge in [-0.3, -0.25) is 4.79 Å². The number of carbonyl (C=O) groups excluding carboxylic acids is 1. The quantitative estimate of drug-likeness (QED) is 0.654. The Balaban J connectivity index is 2.12. The molecule has 0 saturated heterocycles. The summed E-state index contributed by atoms with van der Waals surface area (Å²) in [5, 5.41) is 2.79. The van der Waals surface area contributed by atoms with Crippen LogP contribution in [0.3, 0.4) is 0 Å². The zero-order valence-electron chi connectivity index (χ0n) is 8.36. The monoisotopic (exact) mass is 203 g/mol. The van der Waals surface area contributed by atoms with Gasteiger partial charge in [-0.05, 0) is 25.3 Å². The highest BCUT2D eigenvalue weighted by atomic mass is 16.2. The van der Waals surface area contributed by atoms with Gasteiger partial charge in [0.2, 0.25) is 5.91 Å². The first-order chi connectivity index (χ1) is 7.21. The predicted octanol–water partition coefficient (Wildman–Crippen LogP) is 0.783. The molecule has 4 nitrogen and oxygen atoms in total. The average Bonchev–Trinajstić information content (AvgIpc) is 2.99. The van der Waals surface area contributed by atoms with Crippen LogP contribution < -0.4 is 11.1 Å². The highest BCUT2D eigenvalue weighted by Gasteiger charge is 2.49. The number of nitrogens with two attached hydrogens (primary N) is 1. The molecule has 0 radical (unpaired) electrons. The van der Waals surface area contributed by atoms with E-state index in [1.54, 1.807) is 6.20 Å². The Kier molecular flexibility index (Phi) is 1.65. The number of aromatic nitrogens is 1. The lowest BCUT2D eigenvalue weighted by molar-refractivity contribution is -0.117. The van der Waals surface area contributed by atoms with Crippen molar-refractivity contribution in [1.82, 2.24) is 4.98 Å². The number of anilines is 1. The summed E-state index contributed by atoms with van der Waals surface area (Å²) < 4.78 is 0. The van der Waals surface area contributed by atoms with Crippen molar-refractivity contribution in [3.8, 4) is 0 Å². The summed E-state index contributed by atoms with van der Waals surface area (Å²) in [4.78, 5) is 15.8. The van der Waals surface area contributed by atoms with Crippen LogP contribution in [0.1, 0.15) is 24.8 Å². The molecule has 78 valence electrons. The highest BCUT2D eigenvalue weighted by molar-refractivity contribution is 5.95. The molecule has 1 aromatic rings. The normalized spacial score (nSPS) is 26.7. The third-order valence-corrected chi connectivity index (χ3v) is 3.42. The second kappa shape index (κ2) is 2.79. The molecular weight excluding hydrogens is 190 g/mol. The number of amides is 1. The average molecular weight is 203 g/mol. The van der Waals surface area contributed by atoms with Gasteiger partial charge in [0, 0.05) is 17.2 Å². The van der Waals surface area contributed by atoms with Crippen molar-refractivity contribution < 1.29 is 4.79 Å². The van der Waals surface area contributed by atoms with E-state index in [1.807, 2.05) is 12.1 Å². The number of hydrogen-bond acceptors (Lipinski definition) is 3. The molecule has 1 atom stereocenters. The van der Waals surface area contributed by atoms with E-state index in [9.17, 15) is 4.79 Å². The molecule has 4 heteroatoms. The fourth-order valence-corrected chi connectivity index (χ4v) is 2.39. The molecule has 2 heterocycles. The number of carbonyl (C=O) groups is 1. The molecular formula is C11H13N3O. The SMILES string of the molecule is NC1CC2(CC2)c2cccnc2NC1=O. The van der Waals surface area contributed by atoms with Crippen molar-refractivity contribution in [3.63, 3.8) is 0 Å². The Labute approximate surface area is 87.9 Å². The minimum absolute atomic E-state index is 0.112. The zero-order valence-corrected chi connectivity index (χ0v) is 8.36. The van der Waals surface area contributed by atoms with Crippen LogP contribution in [-0.2, 0) is 10.2 Å². The second-order valence-corrected chi connectivity index (χ2v) is 4.48. The van der Waals surface area contributed by atoms with Gasteiger partial charge in [-0.15, -0.1) is 0 Å². The molecule has 1 spiro atoms. The molecule has 3 rings (SSSR count). The van der Waals surface area contributed by atoms with Gasteiger partial charge in [-0.25, -0.2) is 4.98 Å². The van der Waals surface area contributed by atoms with Gasteiger partial charge in [-0.2, -0.15) is 0 Å². The van der Waals surface area contributed by atoms with Crippen molar-refractivity contribution in [3.05, 3.63) is 23.9 Å². The summed E-state index contributed by atoms with van der Waals surface area (Å²) in [5.41, 5.74) is 7.12. The maximum atomic E-state index is 11.6. The van der Waals surface area contributed by atoms with Gasteiger partial charge in [0.1, 0.15) is 5.82 Å². The molecule has 2 aliphatic rings. The Bertz CT molecular complexity index is 426. The van der Waals surface area contributed by atoms with Crippen LogP contribution >= 0.6 is 0 Å². The van der Waals surface area contributed by atoms with Gasteiger partial charge in [-0.1, -0.05) is 6.07 Å². The van der Waals surface area contributed by atoms with Crippen LogP contribution in [-0.4, -0.2) is 16.9 Å². The lowest BCUT2D eigenvalue weighted by Crippen LogP contribution is -2.36. The molecule has 1 saturated carbocycles. The van der Waals surface area contributed by atoms with Gasteiger partial charge in [0.05, 0.1) is 6.04 Å². The molecule has 0 aromatic carbocycles. The first-order valence-electron chi connectivity index (χ1n) is 5.23. The number of fused-ring (bicyclic) bond motifs is 2. The number of nitrogens with one attached hydrogen (secondary N) is 1. The number of hydrogen-bond donors (Lipinski definition) is 2. The summed E-state index contributed by atoms with van der Waals surface area (Å²) in [7, 11) is 0. The Morgan fingerprint density at radius 1 is 1.53 bits per heavy atom. The minimum atomic E-state index is -0.401. The molecule has 1 fully saturated rings. The lowest BCUT2D eigenvalue weighted by atomic mass is 9.91. The van der Waals surface area contributed by atoms with E-state index >= 15 is 0 Å². The van der Waals surface area contributed by atoms with Crippen molar-refractivity contribution in [2.45, 2.75) is 30.7 Å². The standard InChI is InChI=1S/C11H13N3O/c12-8-6-11(3-4-11)7-2-1-5-13-9(7)14-10(8)15/h1-2,5,8H,3-4,6,12H2,(H,13,14,15). The molecule has 1 aromatic heterocycles. The Morgan fingerprint density at radius 3 is 3.07 bits per heavy atom. The Morgan fingerprint density at radius 2 is 2.33 bits per heavy atom. The lowest BCUT2D eigenvalue weighted by Gasteiger charge is -2.15. The number of rotatable bonds is 0. The van der Waals surface area contributed by atoms with Crippen molar-refractivity contribution in [1.29, 1.82) is 0 Å². The number of nitrogens with zero attached hydrogens (tertiary/aromatic N) is 1. The highest BCUT2D eigenvalue weighted by Crippen LogP contribution is 2.54. The van der Waals surface area contributed by atoms with Crippen molar-refractivity contribution in [2.75, 3.05) is 5.32 Å². The van der Waals surface area contributed by atoms with Crippen LogP contribution in [0.15, 0.2) is 18.3 Å². The summed E-state index contributed by atoms with van der Waals surface area (Å²) in [6.07, 6.45) is 4.69. The van der Waals surface area contributed by atoms with Gasteiger partial charge < -0.3 is 11.1 Å². The summed E-state index contributed by atoms with van der Waals surface area (Å²) in [6, 6.07) is 3.57. The zero-order chi connectivity index (χ0) is 10.5. The Hall–Kier alpha value is -1.42. The second-order valence-electron chi connectivity index (χ2n) is 4.48. The van der Waals surface area contributed by atoms with Crippen LogP contribution in [0.4, 0.5) is 5.82 Å². The fourth-order valence-electron chi connectivity index (χ4n) is 2.39. The molecule has 3 N–H and O–H groups in total. The van der Waals surface area contributed by atoms with E-state index < -0.39 is 6.04 Å². The summed E-state index contributed by atoms with van der Waals surface area (Å²) in [6.45, 7) is 0. The molecule has 0 bridgehead atoms. The van der Waals surface area contributed by atoms with Crippen LogP contribution in [0, 0.1) is 0 Å². The first kappa shape index (κ1) is 8.85. The van der Waals surface area contributed by atoms with E-state index in [0.717, 1.165) is 24.8 Å². The summed E-state index contributed by atoms with van der Waals surface area (Å²) in [5.74, 6) is 0.590. The van der Waals surface area contributed by atoms with E-state index in [0.29, 0.717) is 5.82 Å². The third-order valence-electron chi connectivity index (χ3n) is 3.42. The van der Waals surface area contributed by atoms with Crippen molar-refractivity contribution >= 4 is 11.7 Å². The van der Waals surface area contributed by atoms with Crippen molar-refractivity contribution in [2.24, 2.45) is 5.73 Å². The van der Waals surface area contributed by atoms with E-state index in [-0.39, 0.29) is 11.3 Å². The maximum Gasteiger partial charge on any atom is 0.242 e. The smallest absolute Gasteiger partial charge is 0.242 e. The van der Waals surface area contributed by atoms with Crippen LogP contribution in [0.5, 0.6) is 0 Å². The van der Waals surface area contributed by atoms with Crippen LogP contribution in [0.25, 0.3) is 0 Å². The third kappa shape index (κ3) is 1.25. The van der Waals surface area contributed by atoms with E-state index in [4.69, 9.17) is 5.73 Å². The molecule has 1 amide bonds. The molecule has 1 aliphatic heterocycles. The van der Waals surface area contributed by atoms with Crippen LogP contribution in [0.2, 0.25) is 0 Å². The minimum Gasteiger partial charge on any atom is -0.320 e. The van der Waals surface area contributed by atoms with Gasteiger partial charge in [0.15, 0.2) is 0 Å². The first-order valence-corrected chi connectivity index (χ1v) is 5.23. The predicted molar refractivity (Wildman–Crippen MR) is 56.4 cm³/mol. The molecule has 1 unspecified atom stereocenters. The molecule has 1 aliphatic carbocycles. The van der Waals surface area contributed by atoms with Gasteiger partial charge in [0.25, 0.3) is 0 Å². The van der Waals surface area contributed by atoms with E-state index in [2.05, 4.69) is 10.3 Å². The fraction of sp³-hybridized carbons (Fsp3) is 0.455. The summed E-state index contributed by atoms with van der Waals surface area (Å²) >= 11 is 0. The van der Waals surface area contributed by atoms with Gasteiger partial charge >= 0.3 is 0 Å². The van der Waals surface area contributed by atoms with E-state index in [1.165, 1.54) is 0 Å².